The number of ether oxygens (including phenoxy) is 2. The molecule has 2 N–H and O–H groups in total. The van der Waals surface area contributed by atoms with E-state index in [9.17, 15) is 29.4 Å². The van der Waals surface area contributed by atoms with Gasteiger partial charge in [-0.2, -0.15) is 0 Å². The minimum Gasteiger partial charge on any atom is -0.504 e. The summed E-state index contributed by atoms with van der Waals surface area (Å²) in [6, 6.07) is 29.8. The molecule has 0 atom stereocenters. The highest BCUT2D eigenvalue weighted by Crippen LogP contribution is 2.46. The zero-order valence-electron chi connectivity index (χ0n) is 22.9. The topological polar surface area (TPSA) is 127 Å². The molecule has 0 heterocycles. The van der Waals surface area contributed by atoms with Crippen molar-refractivity contribution >= 4 is 35.1 Å². The van der Waals surface area contributed by atoms with Crippen LogP contribution in [0.15, 0.2) is 115 Å². The Morgan fingerprint density at radius 1 is 0.568 bits per heavy atom. The summed E-state index contributed by atoms with van der Waals surface area (Å²) < 4.78 is 11.0. The summed E-state index contributed by atoms with van der Waals surface area (Å²) in [6.45, 7) is -0.265. The number of rotatable bonds is 9. The summed E-state index contributed by atoms with van der Waals surface area (Å²) in [5, 5.41) is 22.4. The van der Waals surface area contributed by atoms with Crippen LogP contribution in [0, 0.1) is 0 Å². The maximum Gasteiger partial charge on any atom is 0.343 e. The van der Waals surface area contributed by atoms with Gasteiger partial charge in [0.25, 0.3) is 0 Å². The molecule has 9 heteroatoms. The van der Waals surface area contributed by atoms with Crippen LogP contribution in [-0.4, -0.2) is 33.7 Å². The van der Waals surface area contributed by atoms with E-state index in [-0.39, 0.29) is 28.3 Å². The molecule has 0 unspecified atom stereocenters. The first-order valence-corrected chi connectivity index (χ1v) is 13.6. The highest BCUT2D eigenvalue weighted by atomic mass is 35.5. The Kier molecular flexibility index (Phi) is 8.83. The quantitative estimate of drug-likeness (QED) is 0.0812. The zero-order valence-corrected chi connectivity index (χ0v) is 23.7. The van der Waals surface area contributed by atoms with Crippen LogP contribution in [0.5, 0.6) is 17.2 Å². The van der Waals surface area contributed by atoms with Gasteiger partial charge in [-0.1, -0.05) is 103 Å². The number of esters is 2. The maximum atomic E-state index is 14.2. The molecule has 0 spiro atoms. The van der Waals surface area contributed by atoms with Crippen LogP contribution in [0.2, 0.25) is 5.02 Å². The van der Waals surface area contributed by atoms with Crippen molar-refractivity contribution in [1.82, 2.24) is 0 Å². The minimum absolute atomic E-state index is 0.0232. The highest BCUT2D eigenvalue weighted by Gasteiger charge is 2.38. The van der Waals surface area contributed by atoms with Crippen molar-refractivity contribution in [3.8, 4) is 17.2 Å². The lowest BCUT2D eigenvalue weighted by atomic mass is 9.88. The van der Waals surface area contributed by atoms with E-state index >= 15 is 0 Å². The molecular formula is C35H23ClO8. The molecular weight excluding hydrogens is 584 g/mol. The third kappa shape index (κ3) is 6.06. The van der Waals surface area contributed by atoms with Gasteiger partial charge >= 0.3 is 11.9 Å². The zero-order chi connectivity index (χ0) is 31.2. The van der Waals surface area contributed by atoms with Gasteiger partial charge in [-0.25, -0.2) is 9.59 Å². The molecule has 0 aliphatic carbocycles. The van der Waals surface area contributed by atoms with Gasteiger partial charge in [-0.05, 0) is 29.8 Å². The van der Waals surface area contributed by atoms with E-state index in [0.717, 1.165) is 0 Å². The maximum absolute atomic E-state index is 14.2. The van der Waals surface area contributed by atoms with E-state index in [0.29, 0.717) is 5.56 Å². The van der Waals surface area contributed by atoms with Crippen molar-refractivity contribution in [2.24, 2.45) is 0 Å². The fourth-order valence-corrected chi connectivity index (χ4v) is 4.70. The Bertz CT molecular complexity index is 1870. The molecule has 5 aromatic carbocycles. The molecule has 218 valence electrons. The number of phenols is 2. The molecule has 0 radical (unpaired) electrons. The molecule has 0 aliphatic rings. The van der Waals surface area contributed by atoms with E-state index in [1.807, 2.05) is 0 Å². The predicted molar refractivity (Wildman–Crippen MR) is 161 cm³/mol. The number of aromatic hydroxyl groups is 2. The molecule has 0 saturated carbocycles. The Labute approximate surface area is 256 Å². The SMILES string of the molecule is O=C(Oc1c(O)c(O)c(C(=O)c2ccccc2)c(C(=O)OCc2ccccc2)c1C(=O)c1ccccc1Cl)c1ccccc1. The first-order chi connectivity index (χ1) is 21.3. The average Bonchev–Trinajstić information content (AvgIpc) is 3.06. The fraction of sp³-hybridized carbons (Fsp3) is 0.0286. The number of halogens is 1. The average molecular weight is 607 g/mol. The number of ketones is 2. The number of hydrogen-bond donors (Lipinski definition) is 2. The van der Waals surface area contributed by atoms with Crippen molar-refractivity contribution in [3.63, 3.8) is 0 Å². The van der Waals surface area contributed by atoms with Gasteiger partial charge in [0.2, 0.25) is 5.75 Å². The highest BCUT2D eigenvalue weighted by molar-refractivity contribution is 6.36. The molecule has 0 fully saturated rings. The van der Waals surface area contributed by atoms with Gasteiger partial charge < -0.3 is 19.7 Å². The standard InChI is InChI=1S/C35H23ClO8/c36-25-19-11-10-18-24(25)30(38)28-26(35(42)43-20-21-12-4-1-5-13-21)27(29(37)22-14-6-2-7-15-22)31(39)32(40)33(28)44-34(41)23-16-8-3-9-17-23/h1-19,39-40H,20H2. The molecule has 0 aliphatic heterocycles. The summed E-state index contributed by atoms with van der Waals surface area (Å²) in [5.41, 5.74) is -1.60. The molecule has 5 aromatic rings. The second kappa shape index (κ2) is 13.1. The van der Waals surface area contributed by atoms with Crippen molar-refractivity contribution in [2.45, 2.75) is 6.61 Å². The molecule has 5 rings (SSSR count). The fourth-order valence-electron chi connectivity index (χ4n) is 4.48. The summed E-state index contributed by atoms with van der Waals surface area (Å²) >= 11 is 6.34. The van der Waals surface area contributed by atoms with Gasteiger partial charge in [0, 0.05) is 11.1 Å². The van der Waals surface area contributed by atoms with Gasteiger partial charge in [0.1, 0.15) is 6.61 Å². The number of carbonyl (C=O) groups is 4. The van der Waals surface area contributed by atoms with Crippen LogP contribution in [0.3, 0.4) is 0 Å². The van der Waals surface area contributed by atoms with Crippen LogP contribution in [0.1, 0.15) is 58.1 Å². The van der Waals surface area contributed by atoms with Crippen molar-refractivity contribution in [3.05, 3.63) is 159 Å². The van der Waals surface area contributed by atoms with E-state index < -0.39 is 57.4 Å². The number of carbonyl (C=O) groups excluding carboxylic acids is 4. The third-order valence-corrected chi connectivity index (χ3v) is 6.96. The van der Waals surface area contributed by atoms with Crippen LogP contribution < -0.4 is 4.74 Å². The summed E-state index contributed by atoms with van der Waals surface area (Å²) in [7, 11) is 0. The van der Waals surface area contributed by atoms with Crippen molar-refractivity contribution in [1.29, 1.82) is 0 Å². The van der Waals surface area contributed by atoms with E-state index in [2.05, 4.69) is 0 Å². The number of hydrogen-bond acceptors (Lipinski definition) is 8. The molecule has 0 aromatic heterocycles. The van der Waals surface area contributed by atoms with Crippen molar-refractivity contribution < 1.29 is 38.9 Å². The molecule has 0 saturated heterocycles. The normalized spacial score (nSPS) is 10.6. The lowest BCUT2D eigenvalue weighted by molar-refractivity contribution is 0.0464. The monoisotopic (exact) mass is 606 g/mol. The number of benzene rings is 5. The Balaban J connectivity index is 1.78. The predicted octanol–water partition coefficient (Wildman–Crippen LogP) is 6.79. The molecule has 0 bridgehead atoms. The van der Waals surface area contributed by atoms with E-state index in [1.54, 1.807) is 72.8 Å². The lowest BCUT2D eigenvalue weighted by Gasteiger charge is -2.20. The first kappa shape index (κ1) is 29.8. The van der Waals surface area contributed by atoms with Gasteiger partial charge in [0.15, 0.2) is 23.1 Å². The van der Waals surface area contributed by atoms with E-state index in [4.69, 9.17) is 21.1 Å². The summed E-state index contributed by atoms with van der Waals surface area (Å²) in [6.07, 6.45) is 0. The first-order valence-electron chi connectivity index (χ1n) is 13.3. The molecule has 0 amide bonds. The third-order valence-electron chi connectivity index (χ3n) is 6.63. The Morgan fingerprint density at radius 2 is 1.11 bits per heavy atom. The summed E-state index contributed by atoms with van der Waals surface area (Å²) in [4.78, 5) is 55.1. The smallest absolute Gasteiger partial charge is 0.343 e. The van der Waals surface area contributed by atoms with Crippen molar-refractivity contribution in [2.75, 3.05) is 0 Å². The van der Waals surface area contributed by atoms with Gasteiger partial charge in [-0.3, -0.25) is 9.59 Å². The Hall–Kier alpha value is -5.73. The number of phenolic OH excluding ortho intramolecular Hbond substituents is 2. The van der Waals surface area contributed by atoms with Crippen LogP contribution >= 0.6 is 11.6 Å². The largest absolute Gasteiger partial charge is 0.504 e. The van der Waals surface area contributed by atoms with Crippen LogP contribution in [0.25, 0.3) is 0 Å². The van der Waals surface area contributed by atoms with Crippen LogP contribution in [0.4, 0.5) is 0 Å². The minimum atomic E-state index is -1.20. The molecule has 8 nitrogen and oxygen atoms in total. The van der Waals surface area contributed by atoms with Crippen LogP contribution in [-0.2, 0) is 11.3 Å². The van der Waals surface area contributed by atoms with Gasteiger partial charge in [-0.15, -0.1) is 0 Å². The lowest BCUT2D eigenvalue weighted by Crippen LogP contribution is -2.21. The molecule has 44 heavy (non-hydrogen) atoms. The van der Waals surface area contributed by atoms with E-state index in [1.165, 1.54) is 42.5 Å². The second-order valence-electron chi connectivity index (χ2n) is 9.47. The summed E-state index contributed by atoms with van der Waals surface area (Å²) in [5.74, 6) is -7.14. The Morgan fingerprint density at radius 3 is 1.73 bits per heavy atom. The van der Waals surface area contributed by atoms with Gasteiger partial charge in [0.05, 0.1) is 27.3 Å². The second-order valence-corrected chi connectivity index (χ2v) is 9.88.